The third-order valence-electron chi connectivity index (χ3n) is 4.86. The van der Waals surface area contributed by atoms with E-state index in [2.05, 4.69) is 103 Å². The number of hydrogen-bond acceptors (Lipinski definition) is 2. The zero-order valence-corrected chi connectivity index (χ0v) is 16.3. The fourth-order valence-electron chi connectivity index (χ4n) is 3.46. The van der Waals surface area contributed by atoms with E-state index in [1.807, 2.05) is 0 Å². The van der Waals surface area contributed by atoms with Crippen LogP contribution in [0.1, 0.15) is 23.1 Å². The van der Waals surface area contributed by atoms with Crippen molar-refractivity contribution in [1.82, 2.24) is 0 Å². The molecule has 0 saturated heterocycles. The summed E-state index contributed by atoms with van der Waals surface area (Å²) in [4.78, 5) is 2.39. The first-order valence-corrected chi connectivity index (χ1v) is 9.86. The van der Waals surface area contributed by atoms with E-state index in [9.17, 15) is 0 Å². The Morgan fingerprint density at radius 2 is 1.88 bits per heavy atom. The number of rotatable bonds is 3. The van der Waals surface area contributed by atoms with Crippen molar-refractivity contribution in [3.05, 3.63) is 81.8 Å². The summed E-state index contributed by atoms with van der Waals surface area (Å²) in [7, 11) is 2.14. The van der Waals surface area contributed by atoms with Crippen molar-refractivity contribution < 1.29 is 4.57 Å². The Morgan fingerprint density at radius 1 is 1.08 bits per heavy atom. The monoisotopic (exact) mass is 359 g/mol. The van der Waals surface area contributed by atoms with Gasteiger partial charge in [-0.25, -0.2) is 0 Å². The molecule has 4 rings (SSSR count). The standard InChI is InChI=1S/C23H23N2S/c1-4-25-20(12-11-19-14-17(2)10-13-21(19)25)15-23-24(3)22(16-26-23)18-8-6-5-7-9-18/h5-16H,4H2,1-3H3/q+1. The van der Waals surface area contributed by atoms with Gasteiger partial charge in [0.05, 0.1) is 5.38 Å². The molecule has 0 fully saturated rings. The average Bonchev–Trinajstić information content (AvgIpc) is 3.03. The zero-order chi connectivity index (χ0) is 18.1. The number of nitrogens with zero attached hydrogens (tertiary/aromatic N) is 2. The van der Waals surface area contributed by atoms with Crippen molar-refractivity contribution >= 4 is 29.2 Å². The molecule has 0 N–H and O–H groups in total. The van der Waals surface area contributed by atoms with Crippen LogP contribution in [0, 0.1) is 6.92 Å². The van der Waals surface area contributed by atoms with Crippen LogP contribution >= 0.6 is 11.3 Å². The average molecular weight is 360 g/mol. The Hall–Kier alpha value is -2.65. The van der Waals surface area contributed by atoms with E-state index in [-0.39, 0.29) is 0 Å². The molecule has 0 atom stereocenters. The summed E-state index contributed by atoms with van der Waals surface area (Å²) >= 11 is 1.79. The number of likely N-dealkylation sites (N-methyl/N-ethyl adjacent to an activating group) is 1. The molecule has 1 aliphatic heterocycles. The van der Waals surface area contributed by atoms with Gasteiger partial charge in [0.1, 0.15) is 7.05 Å². The van der Waals surface area contributed by atoms with E-state index in [1.54, 1.807) is 11.3 Å². The van der Waals surface area contributed by atoms with E-state index in [0.717, 1.165) is 6.54 Å². The van der Waals surface area contributed by atoms with Crippen LogP contribution < -0.4 is 9.47 Å². The molecule has 2 heterocycles. The Bertz CT molecular complexity index is 996. The first kappa shape index (κ1) is 16.8. The SMILES string of the molecule is CCN1/C(=C\c2scc(-c3ccccc3)[n+]2C)C=Cc2cc(C)ccc21. The minimum Gasteiger partial charge on any atom is -0.341 e. The zero-order valence-electron chi connectivity index (χ0n) is 15.4. The third kappa shape index (κ3) is 2.99. The molecule has 0 aliphatic carbocycles. The second-order valence-electron chi connectivity index (χ2n) is 6.59. The van der Waals surface area contributed by atoms with Gasteiger partial charge in [0.25, 0.3) is 5.01 Å². The number of aromatic nitrogens is 1. The third-order valence-corrected chi connectivity index (χ3v) is 5.83. The summed E-state index contributed by atoms with van der Waals surface area (Å²) in [5, 5.41) is 3.49. The molecule has 3 aromatic rings. The van der Waals surface area contributed by atoms with Gasteiger partial charge >= 0.3 is 0 Å². The molecule has 2 nitrogen and oxygen atoms in total. The highest BCUT2D eigenvalue weighted by atomic mass is 32.1. The van der Waals surface area contributed by atoms with Crippen molar-refractivity contribution in [3.8, 4) is 11.3 Å². The highest BCUT2D eigenvalue weighted by Crippen LogP contribution is 2.32. The summed E-state index contributed by atoms with van der Waals surface area (Å²) in [6.45, 7) is 5.31. The minimum absolute atomic E-state index is 0.951. The van der Waals surface area contributed by atoms with E-state index >= 15 is 0 Å². The molecule has 0 saturated carbocycles. The van der Waals surface area contributed by atoms with Crippen molar-refractivity contribution in [2.75, 3.05) is 11.4 Å². The molecule has 1 aliphatic rings. The van der Waals surface area contributed by atoms with Crippen molar-refractivity contribution in [2.24, 2.45) is 7.05 Å². The predicted molar refractivity (Wildman–Crippen MR) is 112 cm³/mol. The van der Waals surface area contributed by atoms with Crippen LogP contribution in [0.25, 0.3) is 23.4 Å². The van der Waals surface area contributed by atoms with Gasteiger partial charge < -0.3 is 4.90 Å². The quantitative estimate of drug-likeness (QED) is 0.565. The smallest absolute Gasteiger partial charge is 0.264 e. The number of thiazole rings is 1. The molecule has 3 heteroatoms. The maximum atomic E-state index is 2.39. The number of fused-ring (bicyclic) bond motifs is 1. The van der Waals surface area contributed by atoms with Crippen molar-refractivity contribution in [3.63, 3.8) is 0 Å². The first-order chi connectivity index (χ1) is 12.7. The lowest BCUT2D eigenvalue weighted by Gasteiger charge is -2.29. The predicted octanol–water partition coefficient (Wildman–Crippen LogP) is 5.44. The molecule has 26 heavy (non-hydrogen) atoms. The molecule has 2 aromatic carbocycles. The van der Waals surface area contributed by atoms with Gasteiger partial charge in [0, 0.05) is 29.6 Å². The molecule has 130 valence electrons. The van der Waals surface area contributed by atoms with Crippen LogP contribution in [0.15, 0.2) is 65.7 Å². The van der Waals surface area contributed by atoms with Crippen LogP contribution in [-0.2, 0) is 7.05 Å². The summed E-state index contributed by atoms with van der Waals surface area (Å²) in [6.07, 6.45) is 6.75. The van der Waals surface area contributed by atoms with Crippen LogP contribution in [0.3, 0.4) is 0 Å². The fourth-order valence-corrected chi connectivity index (χ4v) is 4.43. The lowest BCUT2D eigenvalue weighted by Crippen LogP contribution is -2.32. The first-order valence-electron chi connectivity index (χ1n) is 8.98. The lowest BCUT2D eigenvalue weighted by atomic mass is 10.0. The Balaban J connectivity index is 1.73. The Kier molecular flexibility index (Phi) is 4.48. The number of allylic oxidation sites excluding steroid dienone is 1. The highest BCUT2D eigenvalue weighted by molar-refractivity contribution is 7.10. The summed E-state index contributed by atoms with van der Waals surface area (Å²) in [5.74, 6) is 0. The number of benzene rings is 2. The van der Waals surface area contributed by atoms with E-state index in [0.29, 0.717) is 0 Å². The van der Waals surface area contributed by atoms with Gasteiger partial charge in [-0.2, -0.15) is 4.57 Å². The largest absolute Gasteiger partial charge is 0.341 e. The van der Waals surface area contributed by atoms with Gasteiger partial charge in [0.2, 0.25) is 5.69 Å². The van der Waals surface area contributed by atoms with Crippen molar-refractivity contribution in [1.29, 1.82) is 0 Å². The fraction of sp³-hybridized carbons (Fsp3) is 0.174. The van der Waals surface area contributed by atoms with Crippen LogP contribution in [0.5, 0.6) is 0 Å². The van der Waals surface area contributed by atoms with Gasteiger partial charge in [-0.05, 0) is 49.8 Å². The van der Waals surface area contributed by atoms with Crippen molar-refractivity contribution in [2.45, 2.75) is 13.8 Å². The maximum Gasteiger partial charge on any atom is 0.264 e. The minimum atomic E-state index is 0.951. The second kappa shape index (κ2) is 6.93. The summed E-state index contributed by atoms with van der Waals surface area (Å²) in [6, 6.07) is 17.2. The maximum absolute atomic E-state index is 2.39. The highest BCUT2D eigenvalue weighted by Gasteiger charge is 2.20. The number of anilines is 1. The van der Waals surface area contributed by atoms with Gasteiger partial charge in [-0.15, -0.1) is 0 Å². The second-order valence-corrected chi connectivity index (χ2v) is 7.48. The molecule has 0 spiro atoms. The molecule has 0 bridgehead atoms. The molecular formula is C23H23N2S+. The van der Waals surface area contributed by atoms with E-state index in [4.69, 9.17) is 0 Å². The molecule has 0 amide bonds. The number of hydrogen-bond donors (Lipinski definition) is 0. The van der Waals surface area contributed by atoms with E-state index < -0.39 is 0 Å². The van der Waals surface area contributed by atoms with Crippen LogP contribution in [0.2, 0.25) is 0 Å². The van der Waals surface area contributed by atoms with Crippen LogP contribution in [-0.4, -0.2) is 6.54 Å². The number of aryl methyl sites for hydroxylation is 1. The topological polar surface area (TPSA) is 7.12 Å². The van der Waals surface area contributed by atoms with Gasteiger partial charge in [0.15, 0.2) is 0 Å². The molecule has 1 aromatic heterocycles. The summed E-state index contributed by atoms with van der Waals surface area (Å²) < 4.78 is 2.28. The summed E-state index contributed by atoms with van der Waals surface area (Å²) in [5.41, 5.74) is 7.62. The normalized spacial score (nSPS) is 14.7. The Morgan fingerprint density at radius 3 is 2.65 bits per heavy atom. The van der Waals surface area contributed by atoms with E-state index in [1.165, 1.54) is 38.8 Å². The molecule has 0 radical (unpaired) electrons. The molecular weight excluding hydrogens is 336 g/mol. The lowest BCUT2D eigenvalue weighted by molar-refractivity contribution is -0.657. The van der Waals surface area contributed by atoms with Crippen LogP contribution in [0.4, 0.5) is 5.69 Å². The molecule has 0 unspecified atom stereocenters. The van der Waals surface area contributed by atoms with Gasteiger partial charge in [-0.3, -0.25) is 0 Å². The Labute approximate surface area is 159 Å². The van der Waals surface area contributed by atoms with Gasteiger partial charge in [-0.1, -0.05) is 47.2 Å².